The Hall–Kier alpha value is -1.71. The van der Waals surface area contributed by atoms with E-state index in [1.807, 2.05) is 33.2 Å². The van der Waals surface area contributed by atoms with Gasteiger partial charge in [-0.2, -0.15) is 0 Å². The number of hydrogen-bond donors (Lipinski definition) is 0. The minimum atomic E-state index is -0.464. The number of allylic oxidation sites excluding steroid dienone is 1. The molecule has 4 nitrogen and oxygen atoms in total. The predicted octanol–water partition coefficient (Wildman–Crippen LogP) is 3.78. The van der Waals surface area contributed by atoms with Crippen molar-refractivity contribution in [3.05, 3.63) is 35.3 Å². The summed E-state index contributed by atoms with van der Waals surface area (Å²) in [4.78, 5) is 16.5. The number of carbonyl (C=O) groups is 1. The van der Waals surface area contributed by atoms with Crippen molar-refractivity contribution < 1.29 is 9.53 Å². The minimum Gasteiger partial charge on any atom is -0.443 e. The molecule has 0 N–H and O–H groups in total. The monoisotopic (exact) mass is 300 g/mol. The summed E-state index contributed by atoms with van der Waals surface area (Å²) in [6.07, 6.45) is 10.8. The van der Waals surface area contributed by atoms with Crippen LogP contribution in [0.25, 0.3) is 0 Å². The highest BCUT2D eigenvalue weighted by atomic mass is 16.6. The van der Waals surface area contributed by atoms with Gasteiger partial charge in [-0.15, -0.1) is 0 Å². The van der Waals surface area contributed by atoms with E-state index in [0.717, 1.165) is 18.9 Å². The molecule has 1 aliphatic carbocycles. The van der Waals surface area contributed by atoms with Gasteiger partial charge in [0.1, 0.15) is 5.60 Å². The summed E-state index contributed by atoms with van der Waals surface area (Å²) in [5.41, 5.74) is 3.91. The molecule has 2 atom stereocenters. The Morgan fingerprint density at radius 2 is 2.14 bits per heavy atom. The van der Waals surface area contributed by atoms with Crippen LogP contribution >= 0.6 is 0 Å². The van der Waals surface area contributed by atoms with Crippen molar-refractivity contribution in [3.63, 3.8) is 0 Å². The number of rotatable bonds is 0. The van der Waals surface area contributed by atoms with Gasteiger partial charge in [0.15, 0.2) is 0 Å². The van der Waals surface area contributed by atoms with Gasteiger partial charge in [-0.3, -0.25) is 4.90 Å². The zero-order chi connectivity index (χ0) is 15.5. The Kier molecular flexibility index (Phi) is 2.94. The molecule has 4 heteroatoms. The molecule has 0 spiro atoms. The first-order chi connectivity index (χ1) is 10.4. The maximum absolute atomic E-state index is 12.3. The molecule has 2 unspecified atom stereocenters. The second-order valence-electron chi connectivity index (χ2n) is 7.69. The fourth-order valence-corrected chi connectivity index (χ4v) is 4.23. The summed E-state index contributed by atoms with van der Waals surface area (Å²) >= 11 is 0. The van der Waals surface area contributed by atoms with Crippen LogP contribution in [0, 0.1) is 5.92 Å². The van der Waals surface area contributed by atoms with Crippen molar-refractivity contribution in [3.8, 4) is 0 Å². The van der Waals surface area contributed by atoms with Crippen LogP contribution in [0.1, 0.15) is 46.5 Å². The Morgan fingerprint density at radius 3 is 2.91 bits per heavy atom. The summed E-state index contributed by atoms with van der Waals surface area (Å²) in [6, 6.07) is 0.340. The molecule has 0 aromatic carbocycles. The third kappa shape index (κ3) is 2.08. The first-order valence-electron chi connectivity index (χ1n) is 8.35. The molecule has 1 amide bonds. The molecule has 118 valence electrons. The molecule has 3 heterocycles. The van der Waals surface area contributed by atoms with Crippen LogP contribution in [-0.2, 0) is 4.74 Å². The van der Waals surface area contributed by atoms with E-state index in [9.17, 15) is 4.79 Å². The van der Waals surface area contributed by atoms with E-state index in [1.165, 1.54) is 30.4 Å². The molecule has 0 bridgehead atoms. The lowest BCUT2D eigenvalue weighted by Crippen LogP contribution is -2.35. The third-order valence-electron chi connectivity index (χ3n) is 5.02. The lowest BCUT2D eigenvalue weighted by molar-refractivity contribution is 0.0395. The first kappa shape index (κ1) is 13.9. The van der Waals surface area contributed by atoms with Gasteiger partial charge >= 0.3 is 6.09 Å². The number of carbonyl (C=O) groups excluding carboxylic acids is 1. The molecule has 22 heavy (non-hydrogen) atoms. The molecule has 0 radical (unpaired) electrons. The molecule has 3 aliphatic heterocycles. The van der Waals surface area contributed by atoms with E-state index >= 15 is 0 Å². The number of amides is 1. The summed E-state index contributed by atoms with van der Waals surface area (Å²) in [7, 11) is 0. The molecular formula is C18H24N2O2. The standard InChI is InChI=1S/C18H24N2O2/c1-18(2,3)22-17(21)19-9-8-15-14(11-19)13-6-4-5-12-7-10-20(15)16(12)13/h8-9,11-12,15H,4-7,10H2,1-3H3. The maximum atomic E-state index is 12.3. The SMILES string of the molecule is CC(C)(C)OC(=O)N1C=CC2C(=C1)C1=C3C(CCC1)CCN32. The van der Waals surface area contributed by atoms with E-state index in [2.05, 4.69) is 11.0 Å². The van der Waals surface area contributed by atoms with Crippen molar-refractivity contribution in [1.82, 2.24) is 9.80 Å². The van der Waals surface area contributed by atoms with E-state index in [0.29, 0.717) is 6.04 Å². The van der Waals surface area contributed by atoms with Gasteiger partial charge < -0.3 is 9.64 Å². The fraction of sp³-hybridized carbons (Fsp3) is 0.611. The van der Waals surface area contributed by atoms with Crippen molar-refractivity contribution >= 4 is 6.09 Å². The molecule has 1 fully saturated rings. The topological polar surface area (TPSA) is 32.8 Å². The molecular weight excluding hydrogens is 276 g/mol. The van der Waals surface area contributed by atoms with Crippen molar-refractivity contribution in [1.29, 1.82) is 0 Å². The van der Waals surface area contributed by atoms with Crippen LogP contribution in [0.5, 0.6) is 0 Å². The molecule has 4 aliphatic rings. The Morgan fingerprint density at radius 1 is 1.32 bits per heavy atom. The van der Waals surface area contributed by atoms with Gasteiger partial charge in [-0.25, -0.2) is 4.79 Å². The fourth-order valence-electron chi connectivity index (χ4n) is 4.23. The smallest absolute Gasteiger partial charge is 0.418 e. The summed E-state index contributed by atoms with van der Waals surface area (Å²) in [5.74, 6) is 0.749. The minimum absolute atomic E-state index is 0.292. The Bertz CT molecular complexity index is 609. The second kappa shape index (κ2) is 4.64. The zero-order valence-electron chi connectivity index (χ0n) is 13.6. The van der Waals surface area contributed by atoms with Gasteiger partial charge in [0, 0.05) is 36.1 Å². The zero-order valence-corrected chi connectivity index (χ0v) is 13.6. The van der Waals surface area contributed by atoms with Gasteiger partial charge in [-0.05, 0) is 58.1 Å². The van der Waals surface area contributed by atoms with E-state index in [-0.39, 0.29) is 6.09 Å². The lowest BCUT2D eigenvalue weighted by Gasteiger charge is -2.29. The van der Waals surface area contributed by atoms with E-state index in [1.54, 1.807) is 10.6 Å². The largest absolute Gasteiger partial charge is 0.443 e. The molecule has 0 aromatic rings. The van der Waals surface area contributed by atoms with Crippen LogP contribution < -0.4 is 0 Å². The van der Waals surface area contributed by atoms with E-state index in [4.69, 9.17) is 4.74 Å². The molecule has 0 saturated carbocycles. The highest BCUT2D eigenvalue weighted by molar-refractivity contribution is 5.72. The van der Waals surface area contributed by atoms with Crippen molar-refractivity contribution in [2.45, 2.75) is 58.1 Å². The van der Waals surface area contributed by atoms with Gasteiger partial charge in [-0.1, -0.05) is 0 Å². The van der Waals surface area contributed by atoms with Gasteiger partial charge in [0.25, 0.3) is 0 Å². The Balaban J connectivity index is 1.63. The van der Waals surface area contributed by atoms with Gasteiger partial charge in [0.2, 0.25) is 0 Å². The number of nitrogens with zero attached hydrogens (tertiary/aromatic N) is 2. The molecule has 0 aromatic heterocycles. The normalized spacial score (nSPS) is 29.5. The van der Waals surface area contributed by atoms with Crippen LogP contribution in [-0.4, -0.2) is 34.1 Å². The number of fused-ring (bicyclic) bond motifs is 3. The summed E-state index contributed by atoms with van der Waals surface area (Å²) < 4.78 is 5.49. The average molecular weight is 300 g/mol. The molecule has 1 saturated heterocycles. The third-order valence-corrected chi connectivity index (χ3v) is 5.02. The van der Waals surface area contributed by atoms with Crippen molar-refractivity contribution in [2.24, 2.45) is 5.92 Å². The number of ether oxygens (including phenoxy) is 1. The predicted molar refractivity (Wildman–Crippen MR) is 84.8 cm³/mol. The summed E-state index contributed by atoms with van der Waals surface area (Å²) in [6.45, 7) is 6.85. The summed E-state index contributed by atoms with van der Waals surface area (Å²) in [5, 5.41) is 0. The van der Waals surface area contributed by atoms with Crippen LogP contribution in [0.2, 0.25) is 0 Å². The quantitative estimate of drug-likeness (QED) is 0.682. The maximum Gasteiger partial charge on any atom is 0.418 e. The van der Waals surface area contributed by atoms with Crippen LogP contribution in [0.15, 0.2) is 35.3 Å². The van der Waals surface area contributed by atoms with Crippen LogP contribution in [0.3, 0.4) is 0 Å². The highest BCUT2D eigenvalue weighted by Gasteiger charge is 2.44. The molecule has 4 rings (SSSR count). The number of hydrogen-bond acceptors (Lipinski definition) is 3. The van der Waals surface area contributed by atoms with Gasteiger partial charge in [0.05, 0.1) is 6.04 Å². The van der Waals surface area contributed by atoms with E-state index < -0.39 is 5.60 Å². The first-order valence-corrected chi connectivity index (χ1v) is 8.35. The lowest BCUT2D eigenvalue weighted by atomic mass is 9.85. The average Bonchev–Trinajstić information content (AvgIpc) is 3.01. The van der Waals surface area contributed by atoms with Crippen molar-refractivity contribution in [2.75, 3.05) is 6.54 Å². The second-order valence-corrected chi connectivity index (χ2v) is 7.69. The Labute approximate surface area is 132 Å². The van der Waals surface area contributed by atoms with Crippen LogP contribution in [0.4, 0.5) is 4.79 Å². The highest BCUT2D eigenvalue weighted by Crippen LogP contribution is 2.50.